The topological polar surface area (TPSA) is 9.23 Å². The van der Waals surface area contributed by atoms with Gasteiger partial charge < -0.3 is 4.74 Å². The van der Waals surface area contributed by atoms with Gasteiger partial charge in [0.15, 0.2) is 0 Å². The van der Waals surface area contributed by atoms with Crippen molar-refractivity contribution in [2.75, 3.05) is 19.0 Å². The number of rotatable bonds is 5. The quantitative estimate of drug-likeness (QED) is 0.551. The maximum absolute atomic E-state index is 5.76. The Hall–Kier alpha value is -0.180. The van der Waals surface area contributed by atoms with Gasteiger partial charge in [-0.25, -0.2) is 0 Å². The van der Waals surface area contributed by atoms with Crippen LogP contribution in [0.2, 0.25) is 5.02 Å². The molecule has 1 rings (SSSR count). The molecule has 13 heavy (non-hydrogen) atoms. The molecule has 0 fully saturated rings. The van der Waals surface area contributed by atoms with Crippen LogP contribution in [0.1, 0.15) is 6.92 Å². The van der Waals surface area contributed by atoms with E-state index in [9.17, 15) is 0 Å². The minimum atomic E-state index is 0.786. The second kappa shape index (κ2) is 6.30. The van der Waals surface area contributed by atoms with E-state index in [2.05, 4.69) is 0 Å². The van der Waals surface area contributed by atoms with Gasteiger partial charge in [0.1, 0.15) is 0 Å². The van der Waals surface area contributed by atoms with E-state index in [-0.39, 0.29) is 0 Å². The first-order valence-corrected chi connectivity index (χ1v) is 5.65. The Morgan fingerprint density at radius 2 is 2.00 bits per heavy atom. The molecule has 0 bridgehead atoms. The Bertz CT molecular complexity index is 235. The van der Waals surface area contributed by atoms with Crippen LogP contribution in [0, 0.1) is 0 Å². The van der Waals surface area contributed by atoms with Gasteiger partial charge in [0.25, 0.3) is 0 Å². The third-order valence-corrected chi connectivity index (χ3v) is 2.74. The van der Waals surface area contributed by atoms with Gasteiger partial charge in [0.05, 0.1) is 6.61 Å². The van der Waals surface area contributed by atoms with Gasteiger partial charge in [-0.05, 0) is 31.2 Å². The lowest BCUT2D eigenvalue weighted by molar-refractivity contribution is 0.164. The Labute approximate surface area is 88.4 Å². The molecule has 0 saturated heterocycles. The van der Waals surface area contributed by atoms with Crippen LogP contribution in [-0.4, -0.2) is 19.0 Å². The fourth-order valence-electron chi connectivity index (χ4n) is 0.894. The van der Waals surface area contributed by atoms with Gasteiger partial charge in [-0.3, -0.25) is 0 Å². The molecule has 1 aromatic rings. The molecule has 0 aliphatic heterocycles. The Kier molecular flexibility index (Phi) is 5.28. The summed E-state index contributed by atoms with van der Waals surface area (Å²) < 4.78 is 5.23. The number of thioether (sulfide) groups is 1. The first kappa shape index (κ1) is 10.9. The van der Waals surface area contributed by atoms with Gasteiger partial charge in [-0.2, -0.15) is 0 Å². The summed E-state index contributed by atoms with van der Waals surface area (Å²) in [6, 6.07) is 7.87. The van der Waals surface area contributed by atoms with Crippen LogP contribution < -0.4 is 0 Å². The summed E-state index contributed by atoms with van der Waals surface area (Å²) in [5.41, 5.74) is 0. The van der Waals surface area contributed by atoms with E-state index in [1.165, 1.54) is 4.90 Å². The van der Waals surface area contributed by atoms with Crippen molar-refractivity contribution >= 4 is 23.4 Å². The molecule has 72 valence electrons. The van der Waals surface area contributed by atoms with Crippen LogP contribution in [0.15, 0.2) is 29.2 Å². The Morgan fingerprint density at radius 1 is 1.31 bits per heavy atom. The molecule has 0 unspecified atom stereocenters. The monoisotopic (exact) mass is 216 g/mol. The van der Waals surface area contributed by atoms with Gasteiger partial charge in [0.2, 0.25) is 0 Å². The van der Waals surface area contributed by atoms with Crippen LogP contribution in [-0.2, 0) is 4.74 Å². The molecule has 0 aliphatic carbocycles. The van der Waals surface area contributed by atoms with Crippen molar-refractivity contribution in [2.24, 2.45) is 0 Å². The van der Waals surface area contributed by atoms with Crippen molar-refractivity contribution in [1.82, 2.24) is 0 Å². The highest BCUT2D eigenvalue weighted by molar-refractivity contribution is 7.99. The van der Waals surface area contributed by atoms with E-state index in [0.717, 1.165) is 24.0 Å². The predicted octanol–water partition coefficient (Wildman–Crippen LogP) is 3.47. The zero-order chi connectivity index (χ0) is 9.52. The SMILES string of the molecule is CCOCCSc1ccc(Cl)cc1. The second-order valence-corrected chi connectivity index (χ2v) is 4.10. The highest BCUT2D eigenvalue weighted by Gasteiger charge is 1.93. The summed E-state index contributed by atoms with van der Waals surface area (Å²) in [5.74, 6) is 0.996. The normalized spacial score (nSPS) is 10.3. The average Bonchev–Trinajstić information content (AvgIpc) is 2.15. The molecular formula is C10H13ClOS. The molecule has 0 N–H and O–H groups in total. The van der Waals surface area contributed by atoms with E-state index in [0.29, 0.717) is 0 Å². The Balaban J connectivity index is 2.25. The smallest absolute Gasteiger partial charge is 0.0560 e. The van der Waals surface area contributed by atoms with E-state index >= 15 is 0 Å². The number of hydrogen-bond donors (Lipinski definition) is 0. The molecule has 1 nitrogen and oxygen atoms in total. The highest BCUT2D eigenvalue weighted by atomic mass is 35.5. The molecule has 0 radical (unpaired) electrons. The molecular weight excluding hydrogens is 204 g/mol. The fraction of sp³-hybridized carbons (Fsp3) is 0.400. The molecule has 0 atom stereocenters. The first-order valence-electron chi connectivity index (χ1n) is 4.29. The summed E-state index contributed by atoms with van der Waals surface area (Å²) in [5, 5.41) is 0.786. The maximum Gasteiger partial charge on any atom is 0.0560 e. The average molecular weight is 217 g/mol. The van der Waals surface area contributed by atoms with E-state index < -0.39 is 0 Å². The van der Waals surface area contributed by atoms with Crippen molar-refractivity contribution in [3.05, 3.63) is 29.3 Å². The highest BCUT2D eigenvalue weighted by Crippen LogP contribution is 2.19. The molecule has 0 aromatic heterocycles. The lowest BCUT2D eigenvalue weighted by atomic mass is 10.4. The minimum absolute atomic E-state index is 0.786. The van der Waals surface area contributed by atoms with Crippen LogP contribution >= 0.6 is 23.4 Å². The zero-order valence-corrected chi connectivity index (χ0v) is 9.20. The molecule has 1 aromatic carbocycles. The molecule has 0 heterocycles. The van der Waals surface area contributed by atoms with Crippen LogP contribution in [0.25, 0.3) is 0 Å². The molecule has 0 spiro atoms. The third kappa shape index (κ3) is 4.55. The van der Waals surface area contributed by atoms with Crippen molar-refractivity contribution in [1.29, 1.82) is 0 Å². The molecule has 0 aliphatic rings. The van der Waals surface area contributed by atoms with Crippen LogP contribution in [0.5, 0.6) is 0 Å². The summed E-state index contributed by atoms with van der Waals surface area (Å²) in [7, 11) is 0. The molecule has 0 amide bonds. The lowest BCUT2D eigenvalue weighted by Gasteiger charge is -2.01. The van der Waals surface area contributed by atoms with Gasteiger partial charge >= 0.3 is 0 Å². The molecule has 0 saturated carbocycles. The van der Waals surface area contributed by atoms with Gasteiger partial charge in [-0.15, -0.1) is 11.8 Å². The number of hydrogen-bond acceptors (Lipinski definition) is 2. The fourth-order valence-corrected chi connectivity index (χ4v) is 1.79. The second-order valence-electron chi connectivity index (χ2n) is 2.50. The van der Waals surface area contributed by atoms with Crippen molar-refractivity contribution in [3.8, 4) is 0 Å². The van der Waals surface area contributed by atoms with Gasteiger partial charge in [0, 0.05) is 22.3 Å². The standard InChI is InChI=1S/C10H13ClOS/c1-2-12-7-8-13-10-5-3-9(11)4-6-10/h3-6H,2,7-8H2,1H3. The van der Waals surface area contributed by atoms with Crippen LogP contribution in [0.4, 0.5) is 0 Å². The van der Waals surface area contributed by atoms with E-state index in [1.807, 2.05) is 31.2 Å². The van der Waals surface area contributed by atoms with Gasteiger partial charge in [-0.1, -0.05) is 11.6 Å². The number of benzene rings is 1. The minimum Gasteiger partial charge on any atom is -0.381 e. The van der Waals surface area contributed by atoms with Crippen molar-refractivity contribution in [3.63, 3.8) is 0 Å². The number of ether oxygens (including phenoxy) is 1. The van der Waals surface area contributed by atoms with Crippen LogP contribution in [0.3, 0.4) is 0 Å². The van der Waals surface area contributed by atoms with Crippen molar-refractivity contribution in [2.45, 2.75) is 11.8 Å². The number of halogens is 1. The lowest BCUT2D eigenvalue weighted by Crippen LogP contribution is -1.95. The first-order chi connectivity index (χ1) is 6.33. The largest absolute Gasteiger partial charge is 0.381 e. The summed E-state index contributed by atoms with van der Waals surface area (Å²) in [6.07, 6.45) is 0. The predicted molar refractivity (Wildman–Crippen MR) is 58.7 cm³/mol. The maximum atomic E-state index is 5.76. The molecule has 3 heteroatoms. The van der Waals surface area contributed by atoms with E-state index in [1.54, 1.807) is 11.8 Å². The van der Waals surface area contributed by atoms with E-state index in [4.69, 9.17) is 16.3 Å². The summed E-state index contributed by atoms with van der Waals surface area (Å²) >= 11 is 7.55. The summed E-state index contributed by atoms with van der Waals surface area (Å²) in [6.45, 7) is 3.61. The summed E-state index contributed by atoms with van der Waals surface area (Å²) in [4.78, 5) is 1.24. The Morgan fingerprint density at radius 3 is 2.62 bits per heavy atom. The zero-order valence-electron chi connectivity index (χ0n) is 7.63. The van der Waals surface area contributed by atoms with Crippen molar-refractivity contribution < 1.29 is 4.74 Å². The third-order valence-electron chi connectivity index (χ3n) is 1.51.